The number of benzene rings is 8. The minimum absolute atomic E-state index is 0. The van der Waals surface area contributed by atoms with Crippen LogP contribution in [0.3, 0.4) is 0 Å². The second-order valence-electron chi connectivity index (χ2n) is 13.7. The molecule has 0 radical (unpaired) electrons. The van der Waals surface area contributed by atoms with E-state index in [1.807, 2.05) is 0 Å². The molecule has 0 aromatic heterocycles. The van der Waals surface area contributed by atoms with Gasteiger partial charge in [-0.05, 0) is 37.1 Å². The molecular weight excluding hydrogens is 831 g/mol. The molecule has 8 aromatic carbocycles. The standard InChI is InChI=1S/2C27H25P2.Ni/c2*1-5-14-24(15-6-1)28(25-16-7-2-8-17-25)22-13-23-29(26-18-9-3-10-19-26)27-20-11-4-12-21-27;/h2*1-12,14-22H,13,23H2;/q2*-1;+2. The maximum Gasteiger partial charge on any atom is 2.00 e. The normalized spacial score (nSPS) is 10.9. The molecule has 0 saturated heterocycles. The molecule has 0 nitrogen and oxygen atoms in total. The summed E-state index contributed by atoms with van der Waals surface area (Å²) in [5.41, 5.74) is 0. The molecule has 0 aliphatic carbocycles. The molecule has 0 atom stereocenters. The number of hydrogen-bond donors (Lipinski definition) is 0. The van der Waals surface area contributed by atoms with Crippen molar-refractivity contribution >= 4 is 74.1 Å². The third-order valence-electron chi connectivity index (χ3n) is 9.74. The van der Waals surface area contributed by atoms with Gasteiger partial charge in [-0.25, -0.2) is 15.8 Å². The molecule has 0 N–H and O–H groups in total. The van der Waals surface area contributed by atoms with Gasteiger partial charge >= 0.3 is 16.5 Å². The fraction of sp³-hybridized carbons (Fsp3) is 0.0741. The van der Waals surface area contributed by atoms with Crippen LogP contribution in [0.15, 0.2) is 243 Å². The molecule has 0 fully saturated rings. The van der Waals surface area contributed by atoms with Gasteiger partial charge in [-0.15, -0.1) is 0 Å². The zero-order chi connectivity index (χ0) is 39.5. The van der Waals surface area contributed by atoms with Crippen LogP contribution < -0.4 is 42.4 Å². The molecule has 0 saturated carbocycles. The van der Waals surface area contributed by atoms with Crippen LogP contribution in [0.1, 0.15) is 12.8 Å². The summed E-state index contributed by atoms with van der Waals surface area (Å²) in [7, 11) is -1.55. The van der Waals surface area contributed by atoms with Crippen molar-refractivity contribution in [1.29, 1.82) is 0 Å². The third-order valence-corrected chi connectivity index (χ3v) is 19.5. The van der Waals surface area contributed by atoms with Gasteiger partial charge in [-0.1, -0.05) is 276 Å². The van der Waals surface area contributed by atoms with Gasteiger partial charge in [0.1, 0.15) is 0 Å². The van der Waals surface area contributed by atoms with Gasteiger partial charge in [-0.3, -0.25) is 12.3 Å². The van der Waals surface area contributed by atoms with Crippen LogP contribution in [0.5, 0.6) is 0 Å². The maximum absolute atomic E-state index is 2.57. The molecule has 0 bridgehead atoms. The summed E-state index contributed by atoms with van der Waals surface area (Å²) in [5, 5.41) is 11.6. The molecule has 0 unspecified atom stereocenters. The van der Waals surface area contributed by atoms with E-state index in [2.05, 4.69) is 255 Å². The molecule has 296 valence electrons. The van der Waals surface area contributed by atoms with Crippen LogP contribution in [-0.4, -0.2) is 12.3 Å². The van der Waals surface area contributed by atoms with Crippen molar-refractivity contribution in [3.63, 3.8) is 0 Å². The Kier molecular flexibility index (Phi) is 18.8. The van der Waals surface area contributed by atoms with Crippen molar-refractivity contribution in [3.05, 3.63) is 255 Å². The molecule has 0 amide bonds. The van der Waals surface area contributed by atoms with E-state index in [1.165, 1.54) is 54.8 Å². The molecule has 0 aliphatic heterocycles. The Morgan fingerprint density at radius 2 is 0.407 bits per heavy atom. The fourth-order valence-electron chi connectivity index (χ4n) is 6.95. The van der Waals surface area contributed by atoms with Gasteiger partial charge in [-0.2, -0.15) is 12.8 Å². The van der Waals surface area contributed by atoms with E-state index < -0.39 is 15.8 Å². The molecule has 0 aliphatic rings. The predicted octanol–water partition coefficient (Wildman–Crippen LogP) is 11.6. The zero-order valence-electron chi connectivity index (χ0n) is 33.2. The van der Waals surface area contributed by atoms with Gasteiger partial charge in [0.15, 0.2) is 0 Å². The van der Waals surface area contributed by atoms with Crippen molar-refractivity contribution in [2.75, 3.05) is 12.3 Å². The van der Waals surface area contributed by atoms with Crippen molar-refractivity contribution < 1.29 is 16.5 Å². The summed E-state index contributed by atoms with van der Waals surface area (Å²) in [6.07, 6.45) is 9.74. The Hall–Kier alpha value is -4.03. The first-order chi connectivity index (χ1) is 28.8. The topological polar surface area (TPSA) is 0 Å². The summed E-state index contributed by atoms with van der Waals surface area (Å²) in [5.74, 6) is 0. The Bertz CT molecular complexity index is 1790. The van der Waals surface area contributed by atoms with Crippen molar-refractivity contribution in [2.45, 2.75) is 12.8 Å². The van der Waals surface area contributed by atoms with Crippen LogP contribution in [0, 0.1) is 12.3 Å². The Morgan fingerprint density at radius 3 is 0.593 bits per heavy atom. The monoisotopic (exact) mass is 880 g/mol. The largest absolute Gasteiger partial charge is 2.00 e. The van der Waals surface area contributed by atoms with Crippen molar-refractivity contribution in [2.24, 2.45) is 0 Å². The number of rotatable bonds is 16. The SMILES string of the molecule is [Ni+2].c1ccc(P([CH-]CCP(c2ccccc2)c2ccccc2)c2ccccc2)cc1.c1ccc(P([CH-]CCP(c2ccccc2)c2ccccc2)c2ccccc2)cc1. The van der Waals surface area contributed by atoms with Crippen LogP contribution in [0.25, 0.3) is 0 Å². The average molecular weight is 882 g/mol. The van der Waals surface area contributed by atoms with Crippen molar-refractivity contribution in [3.8, 4) is 0 Å². The van der Waals surface area contributed by atoms with E-state index in [0.717, 1.165) is 12.8 Å². The average Bonchev–Trinajstić information content (AvgIpc) is 3.32. The summed E-state index contributed by atoms with van der Waals surface area (Å²) < 4.78 is 0. The van der Waals surface area contributed by atoms with Crippen LogP contribution >= 0.6 is 31.7 Å². The first kappa shape index (κ1) is 44.5. The van der Waals surface area contributed by atoms with Gasteiger partial charge in [0.2, 0.25) is 0 Å². The molecular formula is C54H50NiP4. The predicted molar refractivity (Wildman–Crippen MR) is 264 cm³/mol. The van der Waals surface area contributed by atoms with Gasteiger partial charge in [0, 0.05) is 0 Å². The molecule has 8 rings (SSSR count). The fourth-order valence-corrected chi connectivity index (χ4v) is 16.1. The second-order valence-corrected chi connectivity index (χ2v) is 22.6. The van der Waals surface area contributed by atoms with E-state index in [1.54, 1.807) is 0 Å². The second kappa shape index (κ2) is 24.9. The quantitative estimate of drug-likeness (QED) is 0.0515. The van der Waals surface area contributed by atoms with E-state index >= 15 is 0 Å². The van der Waals surface area contributed by atoms with Crippen LogP contribution in [0.4, 0.5) is 0 Å². The minimum atomic E-state index is -0.434. The molecule has 0 spiro atoms. The summed E-state index contributed by atoms with van der Waals surface area (Å²) in [6, 6.07) is 87.9. The molecule has 59 heavy (non-hydrogen) atoms. The van der Waals surface area contributed by atoms with Gasteiger partial charge in [0.25, 0.3) is 0 Å². The van der Waals surface area contributed by atoms with Crippen LogP contribution in [-0.2, 0) is 16.5 Å². The zero-order valence-corrected chi connectivity index (χ0v) is 37.7. The van der Waals surface area contributed by atoms with E-state index in [0.29, 0.717) is 0 Å². The van der Waals surface area contributed by atoms with E-state index in [4.69, 9.17) is 0 Å². The first-order valence-electron chi connectivity index (χ1n) is 20.0. The Morgan fingerprint density at radius 1 is 0.237 bits per heavy atom. The molecule has 0 heterocycles. The van der Waals surface area contributed by atoms with E-state index in [9.17, 15) is 0 Å². The Labute approximate surface area is 368 Å². The Balaban J connectivity index is 0.000000195. The smallest absolute Gasteiger partial charge is 0.293 e. The number of hydrogen-bond acceptors (Lipinski definition) is 0. The summed E-state index contributed by atoms with van der Waals surface area (Å²) >= 11 is 0. The van der Waals surface area contributed by atoms with Gasteiger partial charge in [0.05, 0.1) is 0 Å². The van der Waals surface area contributed by atoms with Gasteiger partial charge < -0.3 is 0 Å². The molecule has 5 heteroatoms. The van der Waals surface area contributed by atoms with Crippen molar-refractivity contribution in [1.82, 2.24) is 0 Å². The maximum atomic E-state index is 2.57. The first-order valence-corrected chi connectivity index (χ1v) is 25.9. The minimum Gasteiger partial charge on any atom is -0.293 e. The molecule has 8 aromatic rings. The third kappa shape index (κ3) is 13.5. The summed E-state index contributed by atoms with van der Waals surface area (Å²) in [4.78, 5) is 0. The van der Waals surface area contributed by atoms with Crippen LogP contribution in [0.2, 0.25) is 0 Å². The van der Waals surface area contributed by atoms with E-state index in [-0.39, 0.29) is 32.3 Å². The summed E-state index contributed by atoms with van der Waals surface area (Å²) in [6.45, 7) is 0.